The zero-order chi connectivity index (χ0) is 19.7. The molecule has 0 spiro atoms. The molecule has 6 nitrogen and oxygen atoms in total. The predicted octanol–water partition coefficient (Wildman–Crippen LogP) is 3.76. The van der Waals surface area contributed by atoms with E-state index in [4.69, 9.17) is 9.47 Å². The molecule has 2 aromatic rings. The molecule has 1 N–H and O–H groups in total. The molecule has 0 radical (unpaired) electrons. The number of amides is 1. The lowest BCUT2D eigenvalue weighted by Gasteiger charge is -2.24. The number of hydrogen-bond donors (Lipinski definition) is 1. The molecule has 0 bridgehead atoms. The van der Waals surface area contributed by atoms with Crippen LogP contribution in [0.5, 0.6) is 5.75 Å². The quantitative estimate of drug-likeness (QED) is 0.629. The first-order valence-corrected chi connectivity index (χ1v) is 9.32. The van der Waals surface area contributed by atoms with Crippen LogP contribution in [0.3, 0.4) is 0 Å². The Kier molecular flexibility index (Phi) is 5.00. The molecule has 0 aromatic heterocycles. The van der Waals surface area contributed by atoms with Gasteiger partial charge in [-0.05, 0) is 36.6 Å². The number of oxime groups is 1. The summed E-state index contributed by atoms with van der Waals surface area (Å²) in [4.78, 5) is 14.5. The number of halogens is 1. The predicted molar refractivity (Wildman–Crippen MR) is 101 cm³/mol. The van der Waals surface area contributed by atoms with Crippen LogP contribution in [-0.2, 0) is 29.1 Å². The molecule has 146 valence electrons. The second-order valence-corrected chi connectivity index (χ2v) is 6.92. The van der Waals surface area contributed by atoms with E-state index in [2.05, 4.69) is 12.1 Å². The Morgan fingerprint density at radius 3 is 2.93 bits per heavy atom. The highest BCUT2D eigenvalue weighted by atomic mass is 19.1. The number of ether oxygens (including phenoxy) is 2. The minimum absolute atomic E-state index is 0.0243. The van der Waals surface area contributed by atoms with Crippen LogP contribution in [0.25, 0.3) is 0 Å². The fourth-order valence-electron chi connectivity index (χ4n) is 3.80. The van der Waals surface area contributed by atoms with Crippen molar-refractivity contribution in [3.05, 3.63) is 58.4 Å². The average Bonchev–Trinajstić information content (AvgIpc) is 2.98. The van der Waals surface area contributed by atoms with Gasteiger partial charge >= 0.3 is 0 Å². The Balaban J connectivity index is 1.75. The summed E-state index contributed by atoms with van der Waals surface area (Å²) >= 11 is 0. The van der Waals surface area contributed by atoms with Gasteiger partial charge < -0.3 is 19.6 Å². The first kappa shape index (κ1) is 18.4. The SMILES string of the molecule is CCCCc1cccc2c1/C(=N/O)C(=O)N2Cc1cc(F)cc2c1OCOC2. The number of benzene rings is 2. The summed E-state index contributed by atoms with van der Waals surface area (Å²) in [6.07, 6.45) is 2.77. The van der Waals surface area contributed by atoms with Crippen LogP contribution < -0.4 is 9.64 Å². The molecule has 0 aliphatic carbocycles. The van der Waals surface area contributed by atoms with Gasteiger partial charge in [0, 0.05) is 16.7 Å². The second-order valence-electron chi connectivity index (χ2n) is 6.92. The Morgan fingerprint density at radius 1 is 1.29 bits per heavy atom. The lowest BCUT2D eigenvalue weighted by molar-refractivity contribution is -0.112. The van der Waals surface area contributed by atoms with E-state index in [1.54, 1.807) is 0 Å². The zero-order valence-electron chi connectivity index (χ0n) is 15.6. The maximum Gasteiger partial charge on any atom is 0.281 e. The molecule has 0 atom stereocenters. The average molecular weight is 384 g/mol. The van der Waals surface area contributed by atoms with Gasteiger partial charge in [-0.25, -0.2) is 4.39 Å². The van der Waals surface area contributed by atoms with Gasteiger partial charge in [0.25, 0.3) is 5.91 Å². The van der Waals surface area contributed by atoms with E-state index in [9.17, 15) is 14.4 Å². The van der Waals surface area contributed by atoms with Crippen molar-refractivity contribution in [3.8, 4) is 5.75 Å². The molecular formula is C21H21FN2O4. The van der Waals surface area contributed by atoms with Gasteiger partial charge in [0.05, 0.1) is 18.8 Å². The number of unbranched alkanes of at least 4 members (excludes halogenated alkanes) is 1. The van der Waals surface area contributed by atoms with Crippen LogP contribution in [0.1, 0.15) is 42.0 Å². The van der Waals surface area contributed by atoms with Crippen LogP contribution in [0.15, 0.2) is 35.5 Å². The van der Waals surface area contributed by atoms with Crippen LogP contribution in [0.4, 0.5) is 10.1 Å². The lowest BCUT2D eigenvalue weighted by Crippen LogP contribution is -2.30. The highest BCUT2D eigenvalue weighted by molar-refractivity contribution is 6.54. The number of carbonyl (C=O) groups excluding carboxylic acids is 1. The molecule has 0 saturated heterocycles. The number of rotatable bonds is 5. The smallest absolute Gasteiger partial charge is 0.281 e. The van der Waals surface area contributed by atoms with Gasteiger partial charge in [-0.1, -0.05) is 30.6 Å². The fraction of sp³-hybridized carbons (Fsp3) is 0.333. The molecular weight excluding hydrogens is 363 g/mol. The normalized spacial score (nSPS) is 16.9. The second kappa shape index (κ2) is 7.59. The standard InChI is InChI=1S/C21H21FN2O4/c1-2-3-5-13-6-4-7-17-18(13)19(23-26)21(25)24(17)10-14-8-16(22)9-15-11-27-12-28-20(14)15/h4,6-9,26H,2-3,5,10-12H2,1H3/b23-19-. The van der Waals surface area contributed by atoms with Crippen molar-refractivity contribution in [2.24, 2.45) is 5.16 Å². The van der Waals surface area contributed by atoms with Crippen LogP contribution >= 0.6 is 0 Å². The summed E-state index contributed by atoms with van der Waals surface area (Å²) in [5, 5.41) is 12.8. The Hall–Kier alpha value is -2.93. The van der Waals surface area contributed by atoms with Crippen molar-refractivity contribution in [1.29, 1.82) is 0 Å². The molecule has 0 saturated carbocycles. The highest BCUT2D eigenvalue weighted by Crippen LogP contribution is 2.37. The number of nitrogens with zero attached hydrogens (tertiary/aromatic N) is 2. The third kappa shape index (κ3) is 3.11. The molecule has 1 amide bonds. The topological polar surface area (TPSA) is 71.4 Å². The number of hydrogen-bond acceptors (Lipinski definition) is 5. The summed E-state index contributed by atoms with van der Waals surface area (Å²) in [5.74, 6) is -0.285. The first-order chi connectivity index (χ1) is 13.6. The zero-order valence-corrected chi connectivity index (χ0v) is 15.6. The van der Waals surface area contributed by atoms with Crippen LogP contribution in [0.2, 0.25) is 0 Å². The van der Waals surface area contributed by atoms with Gasteiger partial charge in [0.1, 0.15) is 11.6 Å². The number of fused-ring (bicyclic) bond motifs is 2. The van der Waals surface area contributed by atoms with E-state index in [-0.39, 0.29) is 25.7 Å². The van der Waals surface area contributed by atoms with Crippen LogP contribution in [0, 0.1) is 5.82 Å². The van der Waals surface area contributed by atoms with E-state index < -0.39 is 11.7 Å². The van der Waals surface area contributed by atoms with Crippen LogP contribution in [-0.4, -0.2) is 23.6 Å². The molecule has 7 heteroatoms. The summed E-state index contributed by atoms with van der Waals surface area (Å²) in [6.45, 7) is 2.55. The van der Waals surface area contributed by atoms with Gasteiger partial charge in [-0.3, -0.25) is 4.79 Å². The molecule has 2 aromatic carbocycles. The largest absolute Gasteiger partial charge is 0.467 e. The molecule has 0 unspecified atom stereocenters. The van der Waals surface area contributed by atoms with E-state index in [1.165, 1.54) is 17.0 Å². The molecule has 0 fully saturated rings. The van der Waals surface area contributed by atoms with Gasteiger partial charge in [0.2, 0.25) is 0 Å². The van der Waals surface area contributed by atoms with Gasteiger partial charge in [0.15, 0.2) is 12.5 Å². The van der Waals surface area contributed by atoms with E-state index >= 15 is 0 Å². The van der Waals surface area contributed by atoms with Crippen molar-refractivity contribution in [2.75, 3.05) is 11.7 Å². The third-order valence-corrected chi connectivity index (χ3v) is 5.08. The Labute approximate surface area is 162 Å². The Morgan fingerprint density at radius 2 is 2.14 bits per heavy atom. The van der Waals surface area contributed by atoms with E-state index in [0.717, 1.165) is 24.8 Å². The monoisotopic (exact) mass is 384 g/mol. The van der Waals surface area contributed by atoms with Crippen molar-refractivity contribution in [3.63, 3.8) is 0 Å². The lowest BCUT2D eigenvalue weighted by atomic mass is 9.99. The van der Waals surface area contributed by atoms with Crippen molar-refractivity contribution >= 4 is 17.3 Å². The van der Waals surface area contributed by atoms with Gasteiger partial charge in [-0.2, -0.15) is 0 Å². The molecule has 2 aliphatic heterocycles. The maximum atomic E-state index is 14.1. The summed E-state index contributed by atoms with van der Waals surface area (Å²) < 4.78 is 24.9. The first-order valence-electron chi connectivity index (χ1n) is 9.32. The molecule has 4 rings (SSSR count). The molecule has 2 heterocycles. The van der Waals surface area contributed by atoms with Crippen molar-refractivity contribution in [2.45, 2.75) is 39.3 Å². The van der Waals surface area contributed by atoms with E-state index in [1.807, 2.05) is 18.2 Å². The van der Waals surface area contributed by atoms with Gasteiger partial charge in [-0.15, -0.1) is 0 Å². The maximum absolute atomic E-state index is 14.1. The summed E-state index contributed by atoms with van der Waals surface area (Å²) in [7, 11) is 0. The molecule has 28 heavy (non-hydrogen) atoms. The minimum atomic E-state index is -0.414. The molecule has 2 aliphatic rings. The number of carbonyl (C=O) groups is 1. The fourth-order valence-corrected chi connectivity index (χ4v) is 3.80. The Bertz CT molecular complexity index is 958. The summed E-state index contributed by atoms with van der Waals surface area (Å²) in [5.41, 5.74) is 3.47. The summed E-state index contributed by atoms with van der Waals surface area (Å²) in [6, 6.07) is 8.39. The minimum Gasteiger partial charge on any atom is -0.467 e. The van der Waals surface area contributed by atoms with Crippen molar-refractivity contribution in [1.82, 2.24) is 0 Å². The highest BCUT2D eigenvalue weighted by Gasteiger charge is 2.37. The van der Waals surface area contributed by atoms with Crippen molar-refractivity contribution < 1.29 is 23.9 Å². The number of anilines is 1. The number of aryl methyl sites for hydroxylation is 1. The van der Waals surface area contributed by atoms with E-state index in [0.29, 0.717) is 28.1 Å². The third-order valence-electron chi connectivity index (χ3n) is 5.08.